The lowest BCUT2D eigenvalue weighted by molar-refractivity contribution is 0.288. The number of nitrogens with one attached hydrogen (secondary N) is 1. The number of H-pyrrole nitrogens is 1. The van der Waals surface area contributed by atoms with Crippen LogP contribution in [0.2, 0.25) is 0 Å². The van der Waals surface area contributed by atoms with E-state index in [0.717, 1.165) is 43.2 Å². The summed E-state index contributed by atoms with van der Waals surface area (Å²) in [4.78, 5) is 10.1. The standard InChI is InChI=1S/C20H21N3O/c1-15-4-6-18(24-15)7-5-16-8-11-23(12-9-16)14-17-13-22-20-19(17)3-2-10-21-20/h2-8,10,13H,9,11-12,14H2,1H3,(H,21,22)/b7-5+. The normalized spacial score (nSPS) is 16.1. The van der Waals surface area contributed by atoms with Crippen LogP contribution in [0.3, 0.4) is 0 Å². The molecule has 0 fully saturated rings. The van der Waals surface area contributed by atoms with Gasteiger partial charge in [0.1, 0.15) is 17.2 Å². The molecule has 0 aromatic carbocycles. The maximum Gasteiger partial charge on any atom is 0.137 e. The molecule has 0 amide bonds. The molecule has 0 radical (unpaired) electrons. The number of rotatable bonds is 4. The second-order valence-corrected chi connectivity index (χ2v) is 6.26. The minimum atomic E-state index is 0.919. The van der Waals surface area contributed by atoms with Crippen LogP contribution in [0, 0.1) is 6.92 Å². The van der Waals surface area contributed by atoms with E-state index in [-0.39, 0.29) is 0 Å². The number of aromatic nitrogens is 2. The van der Waals surface area contributed by atoms with Crippen LogP contribution in [0.4, 0.5) is 0 Å². The Labute approximate surface area is 141 Å². The van der Waals surface area contributed by atoms with E-state index < -0.39 is 0 Å². The van der Waals surface area contributed by atoms with E-state index in [1.54, 1.807) is 0 Å². The number of allylic oxidation sites excluding steroid dienone is 1. The molecule has 1 aliphatic heterocycles. The van der Waals surface area contributed by atoms with Gasteiger partial charge in [0.25, 0.3) is 0 Å². The van der Waals surface area contributed by atoms with Crippen molar-refractivity contribution in [3.8, 4) is 0 Å². The van der Waals surface area contributed by atoms with Gasteiger partial charge in [-0.05, 0) is 54.8 Å². The van der Waals surface area contributed by atoms with Gasteiger partial charge in [-0.1, -0.05) is 12.2 Å². The van der Waals surface area contributed by atoms with E-state index in [1.165, 1.54) is 16.5 Å². The van der Waals surface area contributed by atoms with Crippen LogP contribution in [0.5, 0.6) is 0 Å². The van der Waals surface area contributed by atoms with Gasteiger partial charge in [-0.25, -0.2) is 4.98 Å². The average Bonchev–Trinajstić information content (AvgIpc) is 3.21. The van der Waals surface area contributed by atoms with Crippen LogP contribution in [0.15, 0.2) is 58.8 Å². The summed E-state index contributed by atoms with van der Waals surface area (Å²) >= 11 is 0. The summed E-state index contributed by atoms with van der Waals surface area (Å²) in [7, 11) is 0. The van der Waals surface area contributed by atoms with Gasteiger partial charge < -0.3 is 9.40 Å². The first-order valence-electron chi connectivity index (χ1n) is 8.35. The van der Waals surface area contributed by atoms with Gasteiger partial charge in [0.05, 0.1) is 0 Å². The highest BCUT2D eigenvalue weighted by Gasteiger charge is 2.13. The molecule has 4 nitrogen and oxygen atoms in total. The van der Waals surface area contributed by atoms with Crippen LogP contribution >= 0.6 is 0 Å². The highest BCUT2D eigenvalue weighted by Crippen LogP contribution is 2.21. The number of furan rings is 1. The van der Waals surface area contributed by atoms with E-state index in [4.69, 9.17) is 4.42 Å². The van der Waals surface area contributed by atoms with Crippen molar-refractivity contribution in [3.05, 3.63) is 71.5 Å². The summed E-state index contributed by atoms with van der Waals surface area (Å²) in [5, 5.41) is 1.22. The van der Waals surface area contributed by atoms with Crippen molar-refractivity contribution in [2.75, 3.05) is 13.1 Å². The second-order valence-electron chi connectivity index (χ2n) is 6.26. The molecule has 0 bridgehead atoms. The van der Waals surface area contributed by atoms with Gasteiger partial charge in [-0.2, -0.15) is 0 Å². The zero-order valence-corrected chi connectivity index (χ0v) is 13.8. The zero-order valence-electron chi connectivity index (χ0n) is 13.8. The Hall–Kier alpha value is -2.59. The van der Waals surface area contributed by atoms with Gasteiger partial charge in [0.2, 0.25) is 0 Å². The molecular weight excluding hydrogens is 298 g/mol. The quantitative estimate of drug-likeness (QED) is 0.779. The van der Waals surface area contributed by atoms with Gasteiger partial charge >= 0.3 is 0 Å². The fourth-order valence-corrected chi connectivity index (χ4v) is 3.14. The maximum atomic E-state index is 5.57. The molecule has 0 spiro atoms. The number of hydrogen-bond donors (Lipinski definition) is 1. The molecule has 4 rings (SSSR count). The smallest absolute Gasteiger partial charge is 0.137 e. The number of hydrogen-bond acceptors (Lipinski definition) is 3. The van der Waals surface area contributed by atoms with Gasteiger partial charge in [-0.3, -0.25) is 4.90 Å². The minimum Gasteiger partial charge on any atom is -0.462 e. The first-order valence-corrected chi connectivity index (χ1v) is 8.35. The first-order chi connectivity index (χ1) is 11.8. The Morgan fingerprint density at radius 1 is 1.29 bits per heavy atom. The van der Waals surface area contributed by atoms with Crippen molar-refractivity contribution in [2.45, 2.75) is 19.9 Å². The lowest BCUT2D eigenvalue weighted by atomic mass is 10.1. The third-order valence-corrected chi connectivity index (χ3v) is 4.48. The predicted octanol–water partition coefficient (Wildman–Crippen LogP) is 4.31. The molecule has 0 atom stereocenters. The largest absolute Gasteiger partial charge is 0.462 e. The molecule has 1 aliphatic rings. The van der Waals surface area contributed by atoms with Crippen LogP contribution in [-0.4, -0.2) is 28.0 Å². The summed E-state index contributed by atoms with van der Waals surface area (Å²) in [5.41, 5.74) is 3.66. The maximum absolute atomic E-state index is 5.57. The molecule has 0 aliphatic carbocycles. The van der Waals surface area contributed by atoms with Gasteiger partial charge in [-0.15, -0.1) is 0 Å². The molecule has 0 unspecified atom stereocenters. The monoisotopic (exact) mass is 319 g/mol. The SMILES string of the molecule is Cc1ccc(/C=C/C2=CCN(Cc3c[nH]c4ncccc34)CC2)o1. The Bertz CT molecular complexity index is 900. The van der Waals surface area contributed by atoms with Gasteiger partial charge in [0.15, 0.2) is 0 Å². The minimum absolute atomic E-state index is 0.919. The lowest BCUT2D eigenvalue weighted by Gasteiger charge is -2.25. The molecule has 24 heavy (non-hydrogen) atoms. The van der Waals surface area contributed by atoms with Crippen LogP contribution < -0.4 is 0 Å². The van der Waals surface area contributed by atoms with E-state index in [9.17, 15) is 0 Å². The van der Waals surface area contributed by atoms with Crippen molar-refractivity contribution >= 4 is 17.1 Å². The summed E-state index contributed by atoms with van der Waals surface area (Å²) in [5.74, 6) is 1.87. The number of pyridine rings is 1. The fourth-order valence-electron chi connectivity index (χ4n) is 3.14. The Morgan fingerprint density at radius 2 is 2.25 bits per heavy atom. The Kier molecular flexibility index (Phi) is 4.05. The van der Waals surface area contributed by atoms with E-state index in [1.807, 2.05) is 31.3 Å². The number of aryl methyl sites for hydroxylation is 1. The molecule has 3 aromatic rings. The summed E-state index contributed by atoms with van der Waals surface area (Å²) in [6.45, 7) is 4.97. The Morgan fingerprint density at radius 3 is 3.04 bits per heavy atom. The molecular formula is C20H21N3O. The molecule has 0 saturated heterocycles. The highest BCUT2D eigenvalue weighted by atomic mass is 16.3. The van der Waals surface area contributed by atoms with Crippen LogP contribution in [0.25, 0.3) is 17.1 Å². The average molecular weight is 319 g/mol. The third-order valence-electron chi connectivity index (χ3n) is 4.48. The topological polar surface area (TPSA) is 45.1 Å². The fraction of sp³-hybridized carbons (Fsp3) is 0.250. The first kappa shape index (κ1) is 15.0. The van der Waals surface area contributed by atoms with Crippen LogP contribution in [0.1, 0.15) is 23.5 Å². The van der Waals surface area contributed by atoms with E-state index in [2.05, 4.69) is 45.4 Å². The number of nitrogens with zero attached hydrogens (tertiary/aromatic N) is 2. The van der Waals surface area contributed by atoms with Crippen molar-refractivity contribution in [1.82, 2.24) is 14.9 Å². The van der Waals surface area contributed by atoms with Crippen molar-refractivity contribution in [2.24, 2.45) is 0 Å². The summed E-state index contributed by atoms with van der Waals surface area (Å²) in [6, 6.07) is 8.13. The summed E-state index contributed by atoms with van der Waals surface area (Å²) < 4.78 is 5.57. The van der Waals surface area contributed by atoms with Gasteiger partial charge in [0, 0.05) is 37.4 Å². The molecule has 4 heterocycles. The van der Waals surface area contributed by atoms with Crippen LogP contribution in [-0.2, 0) is 6.54 Å². The number of aromatic amines is 1. The molecule has 122 valence electrons. The lowest BCUT2D eigenvalue weighted by Crippen LogP contribution is -2.27. The van der Waals surface area contributed by atoms with E-state index >= 15 is 0 Å². The zero-order chi connectivity index (χ0) is 16.4. The highest BCUT2D eigenvalue weighted by molar-refractivity contribution is 5.79. The van der Waals surface area contributed by atoms with Crippen molar-refractivity contribution in [3.63, 3.8) is 0 Å². The second kappa shape index (κ2) is 6.49. The Balaban J connectivity index is 1.40. The molecule has 0 saturated carbocycles. The van der Waals surface area contributed by atoms with Crippen molar-refractivity contribution < 1.29 is 4.42 Å². The summed E-state index contributed by atoms with van der Waals surface area (Å²) in [6.07, 6.45) is 11.5. The van der Waals surface area contributed by atoms with E-state index in [0.29, 0.717) is 0 Å². The predicted molar refractivity (Wildman–Crippen MR) is 96.5 cm³/mol. The third kappa shape index (κ3) is 3.19. The molecule has 1 N–H and O–H groups in total. The number of fused-ring (bicyclic) bond motifs is 1. The van der Waals surface area contributed by atoms with Crippen molar-refractivity contribution in [1.29, 1.82) is 0 Å². The molecule has 4 heteroatoms. The molecule has 3 aromatic heterocycles.